The number of nitrogens with zero attached hydrogens (tertiary/aromatic N) is 2. The fraction of sp³-hybridized carbons (Fsp3) is 0.250. The lowest BCUT2D eigenvalue weighted by Gasteiger charge is -2.10. The van der Waals surface area contributed by atoms with Crippen LogP contribution >= 0.6 is 22.3 Å². The van der Waals surface area contributed by atoms with Gasteiger partial charge < -0.3 is 9.30 Å². The van der Waals surface area contributed by atoms with E-state index in [-0.39, 0.29) is 9.92 Å². The van der Waals surface area contributed by atoms with Crippen molar-refractivity contribution in [1.29, 1.82) is 0 Å². The second-order valence-corrected chi connectivity index (χ2v) is 7.02. The number of ether oxygens (including phenoxy) is 1. The summed E-state index contributed by atoms with van der Waals surface area (Å²) in [5.41, 5.74) is 0. The van der Waals surface area contributed by atoms with Gasteiger partial charge in [-0.3, -0.25) is 0 Å². The normalized spacial score (nSPS) is 11.6. The van der Waals surface area contributed by atoms with Crippen LogP contribution in [-0.4, -0.2) is 24.6 Å². The molecule has 1 aromatic heterocycles. The van der Waals surface area contributed by atoms with Crippen molar-refractivity contribution in [1.82, 2.24) is 9.55 Å². The summed E-state index contributed by atoms with van der Waals surface area (Å²) < 4.78 is 29.8. The predicted octanol–water partition coefficient (Wildman–Crippen LogP) is 2.85. The van der Waals surface area contributed by atoms with Gasteiger partial charge >= 0.3 is 0 Å². The Balaban J connectivity index is 2.02. The van der Waals surface area contributed by atoms with Crippen LogP contribution in [0, 0.1) is 6.92 Å². The van der Waals surface area contributed by atoms with Crippen molar-refractivity contribution in [3.05, 3.63) is 41.4 Å². The quantitative estimate of drug-likeness (QED) is 0.789. The van der Waals surface area contributed by atoms with Crippen LogP contribution in [0.2, 0.25) is 5.02 Å². The molecule has 0 saturated carbocycles. The Hall–Kier alpha value is -1.24. The number of hydrogen-bond acceptors (Lipinski definition) is 4. The first-order valence-corrected chi connectivity index (χ1v) is 8.41. The molecule has 0 amide bonds. The van der Waals surface area contributed by atoms with Gasteiger partial charge in [0.1, 0.15) is 18.2 Å². The van der Waals surface area contributed by atoms with E-state index in [4.69, 9.17) is 27.0 Å². The molecule has 0 atom stereocenters. The van der Waals surface area contributed by atoms with Crippen LogP contribution in [0.4, 0.5) is 0 Å². The van der Waals surface area contributed by atoms with Gasteiger partial charge in [0.05, 0.1) is 16.5 Å². The van der Waals surface area contributed by atoms with E-state index < -0.39 is 9.05 Å². The molecule has 0 fully saturated rings. The number of imidazole rings is 1. The molecule has 0 unspecified atom stereocenters. The Kier molecular flexibility index (Phi) is 4.57. The van der Waals surface area contributed by atoms with Crippen molar-refractivity contribution in [3.8, 4) is 5.75 Å². The molecule has 0 N–H and O–H groups in total. The predicted molar refractivity (Wildman–Crippen MR) is 76.9 cm³/mol. The third-order valence-electron chi connectivity index (χ3n) is 2.70. The summed E-state index contributed by atoms with van der Waals surface area (Å²) in [7, 11) is 1.45. The first kappa shape index (κ1) is 15.2. The van der Waals surface area contributed by atoms with Crippen LogP contribution in [0.1, 0.15) is 5.82 Å². The van der Waals surface area contributed by atoms with Crippen LogP contribution in [0.5, 0.6) is 5.75 Å². The molecule has 5 nitrogen and oxygen atoms in total. The van der Waals surface area contributed by atoms with Crippen LogP contribution in [0.3, 0.4) is 0 Å². The highest BCUT2D eigenvalue weighted by molar-refractivity contribution is 8.13. The minimum absolute atomic E-state index is 0.0537. The smallest absolute Gasteiger partial charge is 0.261 e. The summed E-state index contributed by atoms with van der Waals surface area (Å²) in [4.78, 5) is 4.04. The largest absolute Gasteiger partial charge is 0.490 e. The zero-order valence-corrected chi connectivity index (χ0v) is 12.9. The van der Waals surface area contributed by atoms with Crippen molar-refractivity contribution in [2.75, 3.05) is 6.61 Å². The standard InChI is InChI=1S/C12H12Cl2N2O3S/c1-9-15-4-5-16(9)6-7-19-12-3-2-10(8-11(12)13)20(14,17)18/h2-5,8H,6-7H2,1H3. The van der Waals surface area contributed by atoms with Crippen molar-refractivity contribution in [2.45, 2.75) is 18.4 Å². The van der Waals surface area contributed by atoms with Gasteiger partial charge in [0, 0.05) is 23.1 Å². The highest BCUT2D eigenvalue weighted by Crippen LogP contribution is 2.28. The van der Waals surface area contributed by atoms with Gasteiger partial charge in [-0.15, -0.1) is 0 Å². The van der Waals surface area contributed by atoms with E-state index in [1.54, 1.807) is 6.20 Å². The lowest BCUT2D eigenvalue weighted by molar-refractivity contribution is 0.297. The lowest BCUT2D eigenvalue weighted by atomic mass is 10.3. The Bertz CT molecular complexity index is 713. The Labute approximate surface area is 126 Å². The molecule has 0 bridgehead atoms. The number of rotatable bonds is 5. The second-order valence-electron chi connectivity index (χ2n) is 4.05. The molecule has 0 spiro atoms. The average Bonchev–Trinajstić information content (AvgIpc) is 2.76. The molecule has 20 heavy (non-hydrogen) atoms. The third kappa shape index (κ3) is 3.65. The van der Waals surface area contributed by atoms with Crippen molar-refractivity contribution in [2.24, 2.45) is 0 Å². The third-order valence-corrected chi connectivity index (χ3v) is 4.35. The minimum Gasteiger partial charge on any atom is -0.490 e. The summed E-state index contributed by atoms with van der Waals surface area (Å²) in [5, 5.41) is 0.203. The monoisotopic (exact) mass is 334 g/mol. The first-order chi connectivity index (χ1) is 9.38. The zero-order chi connectivity index (χ0) is 14.8. The fourth-order valence-electron chi connectivity index (χ4n) is 1.64. The van der Waals surface area contributed by atoms with E-state index in [1.165, 1.54) is 18.2 Å². The van der Waals surface area contributed by atoms with Crippen LogP contribution in [0.15, 0.2) is 35.5 Å². The summed E-state index contributed by atoms with van der Waals surface area (Å²) in [6.07, 6.45) is 3.56. The molecule has 0 aliphatic carbocycles. The molecule has 1 aromatic carbocycles. The van der Waals surface area contributed by atoms with E-state index in [9.17, 15) is 8.42 Å². The van der Waals surface area contributed by atoms with Gasteiger partial charge in [0.2, 0.25) is 0 Å². The summed E-state index contributed by atoms with van der Waals surface area (Å²) >= 11 is 5.96. The molecule has 2 aromatic rings. The summed E-state index contributed by atoms with van der Waals surface area (Å²) in [6.45, 7) is 2.91. The Morgan fingerprint density at radius 2 is 2.15 bits per heavy atom. The van der Waals surface area contributed by atoms with Crippen LogP contribution < -0.4 is 4.74 Å². The maximum Gasteiger partial charge on any atom is 0.261 e. The molecule has 8 heteroatoms. The van der Waals surface area contributed by atoms with Crippen molar-refractivity contribution in [3.63, 3.8) is 0 Å². The molecule has 108 valence electrons. The number of aromatic nitrogens is 2. The fourth-order valence-corrected chi connectivity index (χ4v) is 2.72. The van der Waals surface area contributed by atoms with E-state index in [1.807, 2.05) is 17.7 Å². The number of halogens is 2. The van der Waals surface area contributed by atoms with Gasteiger partial charge in [0.25, 0.3) is 9.05 Å². The van der Waals surface area contributed by atoms with E-state index in [0.717, 1.165) is 5.82 Å². The molecular formula is C12H12Cl2N2O3S. The molecular weight excluding hydrogens is 323 g/mol. The number of benzene rings is 1. The van der Waals surface area contributed by atoms with Gasteiger partial charge in [-0.1, -0.05) is 11.6 Å². The van der Waals surface area contributed by atoms with Gasteiger partial charge in [-0.05, 0) is 25.1 Å². The van der Waals surface area contributed by atoms with Gasteiger partial charge in [-0.25, -0.2) is 13.4 Å². The average molecular weight is 335 g/mol. The highest BCUT2D eigenvalue weighted by Gasteiger charge is 2.12. The van der Waals surface area contributed by atoms with Crippen molar-refractivity contribution < 1.29 is 13.2 Å². The zero-order valence-electron chi connectivity index (χ0n) is 10.6. The minimum atomic E-state index is -3.78. The van der Waals surface area contributed by atoms with E-state index in [2.05, 4.69) is 4.98 Å². The van der Waals surface area contributed by atoms with E-state index >= 15 is 0 Å². The molecule has 0 aliphatic heterocycles. The highest BCUT2D eigenvalue weighted by atomic mass is 35.7. The number of aryl methyl sites for hydroxylation is 1. The topological polar surface area (TPSA) is 61.2 Å². The van der Waals surface area contributed by atoms with Gasteiger partial charge in [0.15, 0.2) is 0 Å². The molecule has 1 heterocycles. The van der Waals surface area contributed by atoms with Crippen molar-refractivity contribution >= 4 is 31.3 Å². The van der Waals surface area contributed by atoms with E-state index in [0.29, 0.717) is 18.9 Å². The first-order valence-electron chi connectivity index (χ1n) is 5.72. The van der Waals surface area contributed by atoms with Crippen LogP contribution in [-0.2, 0) is 15.6 Å². The van der Waals surface area contributed by atoms with Gasteiger partial charge in [-0.2, -0.15) is 0 Å². The maximum atomic E-state index is 11.2. The molecule has 0 saturated heterocycles. The molecule has 0 aliphatic rings. The SMILES string of the molecule is Cc1nccn1CCOc1ccc(S(=O)(=O)Cl)cc1Cl. The Morgan fingerprint density at radius 1 is 1.40 bits per heavy atom. The molecule has 2 rings (SSSR count). The summed E-state index contributed by atoms with van der Waals surface area (Å²) in [5.74, 6) is 1.30. The lowest BCUT2D eigenvalue weighted by Crippen LogP contribution is -2.09. The number of hydrogen-bond donors (Lipinski definition) is 0. The second kappa shape index (κ2) is 6.03. The summed E-state index contributed by atoms with van der Waals surface area (Å²) in [6, 6.07) is 4.10. The molecule has 0 radical (unpaired) electrons. The van der Waals surface area contributed by atoms with Crippen LogP contribution in [0.25, 0.3) is 0 Å². The Morgan fingerprint density at radius 3 is 2.70 bits per heavy atom. The maximum absolute atomic E-state index is 11.2.